The van der Waals surface area contributed by atoms with Crippen molar-refractivity contribution < 1.29 is 23.4 Å². The summed E-state index contributed by atoms with van der Waals surface area (Å²) < 4.78 is 33.1. The Balaban J connectivity index is 1.23. The van der Waals surface area contributed by atoms with Crippen molar-refractivity contribution in [2.24, 2.45) is 0 Å². The van der Waals surface area contributed by atoms with E-state index in [0.29, 0.717) is 58.7 Å². The van der Waals surface area contributed by atoms with Crippen molar-refractivity contribution in [2.45, 2.75) is 31.7 Å². The second-order valence-electron chi connectivity index (χ2n) is 11.1. The lowest BCUT2D eigenvalue weighted by atomic mass is 10.0. The molecule has 1 aromatic heterocycles. The molecule has 2 aromatic carbocycles. The molecule has 3 aliphatic rings. The maximum atomic E-state index is 13.6. The number of phenolic OH excluding ortho intramolecular Hbond substituents is 1. The Bertz CT molecular complexity index is 1450. The quantitative estimate of drug-likeness (QED) is 0.321. The minimum Gasteiger partial charge on any atom is -0.508 e. The van der Waals surface area contributed by atoms with Gasteiger partial charge in [0.05, 0.1) is 18.8 Å². The molecule has 9 nitrogen and oxygen atoms in total. The standard InChI is InChI=1S/C31H36F2N6O3/c1-2-29(41)37-11-13-38(14-12-37)30-24-8-10-39(28-17-22(40)16-21-6-3-4-7-23(21)28)20-27(24)34-31(35-30)42-15-5-9-36-18-25(32)26(33)19-36/h2-4,6-7,16-17,25-26,40H,1,5,8-15,18-20H2/t25-,26+. The van der Waals surface area contributed by atoms with Crippen LogP contribution in [-0.2, 0) is 17.8 Å². The van der Waals surface area contributed by atoms with Crippen LogP contribution in [0.3, 0.4) is 0 Å². The van der Waals surface area contributed by atoms with E-state index in [-0.39, 0.29) is 30.8 Å². The first-order chi connectivity index (χ1) is 20.4. The summed E-state index contributed by atoms with van der Waals surface area (Å²) in [6.45, 7) is 8.35. The molecule has 6 rings (SSSR count). The van der Waals surface area contributed by atoms with Crippen LogP contribution in [0.2, 0.25) is 0 Å². The summed E-state index contributed by atoms with van der Waals surface area (Å²) in [4.78, 5) is 29.8. The van der Waals surface area contributed by atoms with Gasteiger partial charge < -0.3 is 24.5 Å². The lowest BCUT2D eigenvalue weighted by Crippen LogP contribution is -2.49. The molecule has 3 aliphatic heterocycles. The van der Waals surface area contributed by atoms with Gasteiger partial charge in [0.25, 0.3) is 0 Å². The molecular weight excluding hydrogens is 542 g/mol. The van der Waals surface area contributed by atoms with Crippen LogP contribution in [0.15, 0.2) is 49.1 Å². The molecule has 3 aromatic rings. The highest BCUT2D eigenvalue weighted by atomic mass is 19.2. The number of likely N-dealkylation sites (tertiary alicyclic amines) is 1. The van der Waals surface area contributed by atoms with E-state index >= 15 is 0 Å². The first-order valence-electron chi connectivity index (χ1n) is 14.6. The van der Waals surface area contributed by atoms with Gasteiger partial charge >= 0.3 is 6.01 Å². The van der Waals surface area contributed by atoms with Crippen molar-refractivity contribution >= 4 is 28.2 Å². The maximum absolute atomic E-state index is 13.6. The Morgan fingerprint density at radius 2 is 1.81 bits per heavy atom. The number of ether oxygens (including phenoxy) is 1. The molecule has 0 aliphatic carbocycles. The summed E-state index contributed by atoms with van der Waals surface area (Å²) in [6, 6.07) is 11.8. The minimum atomic E-state index is -1.42. The van der Waals surface area contributed by atoms with E-state index in [9.17, 15) is 18.7 Å². The van der Waals surface area contributed by atoms with Gasteiger partial charge in [-0.25, -0.2) is 8.78 Å². The van der Waals surface area contributed by atoms with Gasteiger partial charge in [0.2, 0.25) is 5.91 Å². The SMILES string of the molecule is C=CC(=O)N1CCN(c2nc(OCCCN3C[C@@H](F)[C@@H](F)C3)nc3c2CCN(c2cc(O)cc4ccccc24)C3)CC1. The van der Waals surface area contributed by atoms with Crippen LogP contribution >= 0.6 is 0 Å². The third kappa shape index (κ3) is 5.83. The van der Waals surface area contributed by atoms with Crippen LogP contribution in [0.5, 0.6) is 11.8 Å². The third-order valence-corrected chi connectivity index (χ3v) is 8.36. The van der Waals surface area contributed by atoms with Crippen molar-refractivity contribution in [3.05, 3.63) is 60.3 Å². The van der Waals surface area contributed by atoms with Crippen LogP contribution in [0.4, 0.5) is 20.3 Å². The van der Waals surface area contributed by atoms with Gasteiger partial charge in [-0.2, -0.15) is 9.97 Å². The number of phenols is 1. The van der Waals surface area contributed by atoms with E-state index in [0.717, 1.165) is 40.1 Å². The number of halogens is 2. The Morgan fingerprint density at radius 3 is 2.57 bits per heavy atom. The molecular formula is C31H36F2N6O3. The van der Waals surface area contributed by atoms with Crippen molar-refractivity contribution in [1.82, 2.24) is 19.8 Å². The van der Waals surface area contributed by atoms with Crippen LogP contribution < -0.4 is 14.5 Å². The van der Waals surface area contributed by atoms with E-state index in [2.05, 4.69) is 22.4 Å². The summed E-state index contributed by atoms with van der Waals surface area (Å²) in [7, 11) is 0. The Hall–Kier alpha value is -3.99. The fraction of sp³-hybridized carbons (Fsp3) is 0.452. The summed E-state index contributed by atoms with van der Waals surface area (Å²) in [5.41, 5.74) is 2.86. The molecule has 0 unspecified atom stereocenters. The van der Waals surface area contributed by atoms with Gasteiger partial charge in [-0.1, -0.05) is 30.8 Å². The van der Waals surface area contributed by atoms with Crippen LogP contribution in [0.25, 0.3) is 10.8 Å². The number of piperazine rings is 1. The van der Waals surface area contributed by atoms with Gasteiger partial charge in [-0.15, -0.1) is 0 Å². The van der Waals surface area contributed by atoms with E-state index in [4.69, 9.17) is 14.7 Å². The third-order valence-electron chi connectivity index (χ3n) is 8.36. The summed E-state index contributed by atoms with van der Waals surface area (Å²) in [5.74, 6) is 0.958. The second kappa shape index (κ2) is 12.1. The maximum Gasteiger partial charge on any atom is 0.318 e. The zero-order valence-corrected chi connectivity index (χ0v) is 23.6. The van der Waals surface area contributed by atoms with Gasteiger partial charge in [-0.05, 0) is 30.4 Å². The smallest absolute Gasteiger partial charge is 0.318 e. The van der Waals surface area contributed by atoms with Crippen molar-refractivity contribution in [3.8, 4) is 11.8 Å². The second-order valence-corrected chi connectivity index (χ2v) is 11.1. The number of hydrogen-bond donors (Lipinski definition) is 1. The first-order valence-corrected chi connectivity index (χ1v) is 14.6. The molecule has 42 heavy (non-hydrogen) atoms. The van der Waals surface area contributed by atoms with E-state index in [1.165, 1.54) is 6.08 Å². The lowest BCUT2D eigenvalue weighted by Gasteiger charge is -2.38. The predicted octanol–water partition coefficient (Wildman–Crippen LogP) is 3.49. The summed E-state index contributed by atoms with van der Waals surface area (Å²) in [6.07, 6.45) is -0.196. The average molecular weight is 579 g/mol. The highest BCUT2D eigenvalue weighted by Crippen LogP contribution is 2.36. The molecule has 2 fully saturated rings. The van der Waals surface area contributed by atoms with Gasteiger partial charge in [-0.3, -0.25) is 9.69 Å². The number of aromatic hydroxyl groups is 1. The summed E-state index contributed by atoms with van der Waals surface area (Å²) >= 11 is 0. The number of alkyl halides is 2. The monoisotopic (exact) mass is 578 g/mol. The number of rotatable bonds is 8. The number of carbonyl (C=O) groups is 1. The highest BCUT2D eigenvalue weighted by Gasteiger charge is 2.32. The van der Waals surface area contributed by atoms with Gasteiger partial charge in [0.15, 0.2) is 0 Å². The molecule has 222 valence electrons. The number of benzene rings is 2. The number of carbonyl (C=O) groups excluding carboxylic acids is 1. The van der Waals surface area contributed by atoms with Crippen molar-refractivity contribution in [3.63, 3.8) is 0 Å². The predicted molar refractivity (Wildman–Crippen MR) is 158 cm³/mol. The Kier molecular flexibility index (Phi) is 8.10. The van der Waals surface area contributed by atoms with E-state index < -0.39 is 12.3 Å². The van der Waals surface area contributed by atoms with Crippen molar-refractivity contribution in [2.75, 3.05) is 68.8 Å². The number of anilines is 2. The lowest BCUT2D eigenvalue weighted by molar-refractivity contribution is -0.126. The zero-order valence-electron chi connectivity index (χ0n) is 23.6. The van der Waals surface area contributed by atoms with Gasteiger partial charge in [0, 0.05) is 75.1 Å². The molecule has 4 heterocycles. The number of nitrogens with zero attached hydrogens (tertiary/aromatic N) is 6. The number of aromatic nitrogens is 2. The van der Waals surface area contributed by atoms with E-state index in [1.54, 1.807) is 21.9 Å². The number of amides is 1. The topological polar surface area (TPSA) is 85.3 Å². The van der Waals surface area contributed by atoms with Crippen molar-refractivity contribution in [1.29, 1.82) is 0 Å². The molecule has 11 heteroatoms. The molecule has 1 amide bonds. The molecule has 2 saturated heterocycles. The van der Waals surface area contributed by atoms with Gasteiger partial charge in [0.1, 0.15) is 23.9 Å². The fourth-order valence-electron chi connectivity index (χ4n) is 6.16. The fourth-order valence-corrected chi connectivity index (χ4v) is 6.16. The minimum absolute atomic E-state index is 0.0754. The Morgan fingerprint density at radius 1 is 1.05 bits per heavy atom. The van der Waals surface area contributed by atoms with E-state index in [1.807, 2.05) is 18.2 Å². The molecule has 2 atom stereocenters. The number of hydrogen-bond acceptors (Lipinski definition) is 8. The molecule has 0 bridgehead atoms. The average Bonchev–Trinajstić information content (AvgIpc) is 3.34. The number of fused-ring (bicyclic) bond motifs is 2. The normalized spacial score (nSPS) is 21.0. The van der Waals surface area contributed by atoms with Crippen LogP contribution in [0.1, 0.15) is 17.7 Å². The van der Waals surface area contributed by atoms with Crippen LogP contribution in [-0.4, -0.2) is 102 Å². The highest BCUT2D eigenvalue weighted by molar-refractivity contribution is 5.95. The Labute approximate surface area is 244 Å². The first kappa shape index (κ1) is 28.1. The molecule has 0 spiro atoms. The largest absolute Gasteiger partial charge is 0.508 e. The summed E-state index contributed by atoms with van der Waals surface area (Å²) in [5, 5.41) is 12.5. The molecule has 0 saturated carbocycles. The molecule has 1 N–H and O–H groups in total. The molecule has 0 radical (unpaired) electrons. The van der Waals surface area contributed by atoms with Crippen LogP contribution in [0, 0.1) is 0 Å². The zero-order chi connectivity index (χ0) is 29.2.